The van der Waals surface area contributed by atoms with Crippen molar-refractivity contribution < 1.29 is 9.47 Å². The van der Waals surface area contributed by atoms with Gasteiger partial charge in [0.25, 0.3) is 0 Å². The second kappa shape index (κ2) is 3.97. The first-order chi connectivity index (χ1) is 7.22. The first kappa shape index (κ1) is 10.1. The second-order valence-electron chi connectivity index (χ2n) is 3.94. The van der Waals surface area contributed by atoms with Gasteiger partial charge in [0.2, 0.25) is 0 Å². The zero-order valence-electron chi connectivity index (χ0n) is 9.41. The summed E-state index contributed by atoms with van der Waals surface area (Å²) < 4.78 is 11.1. The molecule has 1 aliphatic carbocycles. The van der Waals surface area contributed by atoms with Crippen molar-refractivity contribution in [2.45, 2.75) is 26.4 Å². The number of allylic oxidation sites excluding steroid dienone is 1. The Balaban J connectivity index is 2.44. The van der Waals surface area contributed by atoms with E-state index in [1.807, 2.05) is 19.9 Å². The van der Waals surface area contributed by atoms with Gasteiger partial charge in [-0.2, -0.15) is 0 Å². The fourth-order valence-corrected chi connectivity index (χ4v) is 1.82. The van der Waals surface area contributed by atoms with Gasteiger partial charge >= 0.3 is 0 Å². The predicted molar refractivity (Wildman–Crippen MR) is 61.5 cm³/mol. The highest BCUT2D eigenvalue weighted by Gasteiger charge is 2.17. The minimum absolute atomic E-state index is 0.172. The van der Waals surface area contributed by atoms with Crippen molar-refractivity contribution >= 4 is 6.08 Å². The first-order valence-electron chi connectivity index (χ1n) is 5.25. The Bertz CT molecular complexity index is 392. The molecule has 2 nitrogen and oxygen atoms in total. The van der Waals surface area contributed by atoms with E-state index in [0.29, 0.717) is 0 Å². The third-order valence-electron chi connectivity index (χ3n) is 2.45. The summed E-state index contributed by atoms with van der Waals surface area (Å²) in [5, 5.41) is 0. The monoisotopic (exact) mass is 204 g/mol. The molecule has 0 N–H and O–H groups in total. The van der Waals surface area contributed by atoms with Gasteiger partial charge in [0.05, 0.1) is 13.2 Å². The average molecular weight is 204 g/mol. The van der Waals surface area contributed by atoms with Crippen LogP contribution in [-0.4, -0.2) is 13.2 Å². The Morgan fingerprint density at radius 2 is 2.07 bits per heavy atom. The van der Waals surface area contributed by atoms with Crippen molar-refractivity contribution in [2.75, 3.05) is 7.11 Å². The maximum absolute atomic E-state index is 5.81. The van der Waals surface area contributed by atoms with E-state index in [1.165, 1.54) is 11.1 Å². The van der Waals surface area contributed by atoms with E-state index in [4.69, 9.17) is 9.47 Å². The Hall–Kier alpha value is -1.44. The molecule has 1 aromatic carbocycles. The molecule has 15 heavy (non-hydrogen) atoms. The van der Waals surface area contributed by atoms with E-state index in [1.54, 1.807) is 7.11 Å². The Morgan fingerprint density at radius 1 is 1.27 bits per heavy atom. The smallest absolute Gasteiger partial charge is 0.165 e. The average Bonchev–Trinajstić information content (AvgIpc) is 2.65. The summed E-state index contributed by atoms with van der Waals surface area (Å²) in [7, 11) is 1.68. The lowest BCUT2D eigenvalue weighted by Gasteiger charge is -2.17. The summed E-state index contributed by atoms with van der Waals surface area (Å²) in [5.74, 6) is 1.72. The summed E-state index contributed by atoms with van der Waals surface area (Å²) in [6.45, 7) is 4.06. The lowest BCUT2D eigenvalue weighted by atomic mass is 10.1. The fourth-order valence-electron chi connectivity index (χ4n) is 1.82. The van der Waals surface area contributed by atoms with Gasteiger partial charge in [0.1, 0.15) is 0 Å². The molecular formula is C13H16O2. The zero-order valence-corrected chi connectivity index (χ0v) is 9.41. The van der Waals surface area contributed by atoms with Crippen LogP contribution < -0.4 is 9.47 Å². The van der Waals surface area contributed by atoms with Gasteiger partial charge in [-0.1, -0.05) is 18.2 Å². The summed E-state index contributed by atoms with van der Waals surface area (Å²) in [6, 6.07) is 4.04. The van der Waals surface area contributed by atoms with E-state index >= 15 is 0 Å². The van der Waals surface area contributed by atoms with Crippen LogP contribution in [0.4, 0.5) is 0 Å². The molecule has 2 heteroatoms. The van der Waals surface area contributed by atoms with Crippen molar-refractivity contribution in [2.24, 2.45) is 0 Å². The van der Waals surface area contributed by atoms with E-state index in [9.17, 15) is 0 Å². The van der Waals surface area contributed by atoms with E-state index in [2.05, 4.69) is 18.2 Å². The topological polar surface area (TPSA) is 18.5 Å². The quantitative estimate of drug-likeness (QED) is 0.753. The Labute approximate surface area is 90.5 Å². The number of rotatable bonds is 3. The minimum Gasteiger partial charge on any atom is -0.493 e. The van der Waals surface area contributed by atoms with Crippen molar-refractivity contribution in [3.63, 3.8) is 0 Å². The van der Waals surface area contributed by atoms with E-state index in [0.717, 1.165) is 17.9 Å². The minimum atomic E-state index is 0.172. The summed E-state index contributed by atoms with van der Waals surface area (Å²) >= 11 is 0. The highest BCUT2D eigenvalue weighted by Crippen LogP contribution is 2.37. The number of methoxy groups -OCH3 is 1. The molecule has 0 spiro atoms. The third-order valence-corrected chi connectivity index (χ3v) is 2.45. The van der Waals surface area contributed by atoms with Crippen molar-refractivity contribution in [1.29, 1.82) is 0 Å². The number of fused-ring (bicyclic) bond motifs is 1. The third kappa shape index (κ3) is 1.84. The molecule has 80 valence electrons. The first-order valence-corrected chi connectivity index (χ1v) is 5.25. The van der Waals surface area contributed by atoms with Crippen molar-refractivity contribution in [3.05, 3.63) is 29.3 Å². The zero-order chi connectivity index (χ0) is 10.8. The lowest BCUT2D eigenvalue weighted by molar-refractivity contribution is 0.228. The highest BCUT2D eigenvalue weighted by atomic mass is 16.5. The van der Waals surface area contributed by atoms with Crippen LogP contribution in [0.25, 0.3) is 6.08 Å². The molecule has 0 bridgehead atoms. The largest absolute Gasteiger partial charge is 0.493 e. The maximum Gasteiger partial charge on any atom is 0.165 e. The van der Waals surface area contributed by atoms with Gasteiger partial charge < -0.3 is 9.47 Å². The Kier molecular flexibility index (Phi) is 2.67. The molecule has 1 aliphatic rings. The van der Waals surface area contributed by atoms with Crippen LogP contribution in [0.3, 0.4) is 0 Å². The molecular weight excluding hydrogens is 188 g/mol. The normalized spacial score (nSPS) is 13.1. The van der Waals surface area contributed by atoms with Crippen LogP contribution >= 0.6 is 0 Å². The fraction of sp³-hybridized carbons (Fsp3) is 0.385. The number of ether oxygens (including phenoxy) is 2. The van der Waals surface area contributed by atoms with E-state index < -0.39 is 0 Å². The molecule has 0 saturated heterocycles. The van der Waals surface area contributed by atoms with Crippen molar-refractivity contribution in [3.8, 4) is 11.5 Å². The molecule has 0 aliphatic heterocycles. The Morgan fingerprint density at radius 3 is 2.73 bits per heavy atom. The number of benzene rings is 1. The summed E-state index contributed by atoms with van der Waals surface area (Å²) in [5.41, 5.74) is 2.48. The standard InChI is InChI=1S/C13H16O2/c1-9(2)15-13-11-6-4-5-10(11)7-8-12(13)14-3/h4-5,7-9H,6H2,1-3H3. The second-order valence-corrected chi connectivity index (χ2v) is 3.94. The van der Waals surface area contributed by atoms with Crippen LogP contribution in [0.5, 0.6) is 11.5 Å². The molecule has 0 aromatic heterocycles. The molecule has 0 unspecified atom stereocenters. The number of hydrogen-bond acceptors (Lipinski definition) is 2. The molecule has 0 amide bonds. The molecule has 1 aromatic rings. The van der Waals surface area contributed by atoms with Crippen LogP contribution in [0.1, 0.15) is 25.0 Å². The molecule has 0 heterocycles. The van der Waals surface area contributed by atoms with E-state index in [-0.39, 0.29) is 6.10 Å². The van der Waals surface area contributed by atoms with Gasteiger partial charge in [-0.25, -0.2) is 0 Å². The lowest BCUT2D eigenvalue weighted by Crippen LogP contribution is -2.08. The molecule has 0 fully saturated rings. The highest BCUT2D eigenvalue weighted by molar-refractivity contribution is 5.67. The molecule has 0 radical (unpaired) electrons. The van der Waals surface area contributed by atoms with Gasteiger partial charge in [-0.3, -0.25) is 0 Å². The van der Waals surface area contributed by atoms with Gasteiger partial charge in [0, 0.05) is 5.56 Å². The maximum atomic E-state index is 5.81. The van der Waals surface area contributed by atoms with Crippen LogP contribution in [0.15, 0.2) is 18.2 Å². The van der Waals surface area contributed by atoms with Gasteiger partial charge in [-0.15, -0.1) is 0 Å². The SMILES string of the molecule is COc1ccc2c(c1OC(C)C)CC=C2. The summed E-state index contributed by atoms with van der Waals surface area (Å²) in [6.07, 6.45) is 5.39. The molecule has 0 atom stereocenters. The molecule has 0 saturated carbocycles. The summed E-state index contributed by atoms with van der Waals surface area (Å²) in [4.78, 5) is 0. The van der Waals surface area contributed by atoms with Crippen LogP contribution in [0.2, 0.25) is 0 Å². The van der Waals surface area contributed by atoms with Gasteiger partial charge in [-0.05, 0) is 31.9 Å². The predicted octanol–water partition coefficient (Wildman–Crippen LogP) is 3.05. The van der Waals surface area contributed by atoms with Gasteiger partial charge in [0.15, 0.2) is 11.5 Å². The van der Waals surface area contributed by atoms with Crippen LogP contribution in [-0.2, 0) is 6.42 Å². The van der Waals surface area contributed by atoms with Crippen LogP contribution in [0, 0.1) is 0 Å². The molecule has 2 rings (SSSR count). The van der Waals surface area contributed by atoms with Crippen molar-refractivity contribution in [1.82, 2.24) is 0 Å². The number of hydrogen-bond donors (Lipinski definition) is 0.